The molecular formula is C27H47N7O3. The number of guanidine groups is 1. The van der Waals surface area contributed by atoms with Crippen molar-refractivity contribution in [3.8, 4) is 6.07 Å². The van der Waals surface area contributed by atoms with Crippen molar-refractivity contribution in [2.45, 2.75) is 96.2 Å². The van der Waals surface area contributed by atoms with E-state index in [-0.39, 0.29) is 5.91 Å². The first-order valence-electron chi connectivity index (χ1n) is 14.4. The Morgan fingerprint density at radius 3 is 2.43 bits per heavy atom. The minimum atomic E-state index is -0.901. The van der Waals surface area contributed by atoms with E-state index in [9.17, 15) is 14.9 Å². The van der Waals surface area contributed by atoms with Gasteiger partial charge < -0.3 is 25.6 Å². The Labute approximate surface area is 222 Å². The molecule has 0 aromatic heterocycles. The predicted octanol–water partition coefficient (Wildman–Crippen LogP) is 2.61. The molecule has 3 aliphatic rings. The number of urea groups is 1. The first kappa shape index (κ1) is 29.2. The van der Waals surface area contributed by atoms with Crippen LogP contribution in [0.15, 0.2) is 4.99 Å². The van der Waals surface area contributed by atoms with Gasteiger partial charge in [-0.1, -0.05) is 46.0 Å². The lowest BCUT2D eigenvalue weighted by Crippen LogP contribution is -2.59. The fourth-order valence-electron chi connectivity index (χ4n) is 5.90. The van der Waals surface area contributed by atoms with E-state index in [4.69, 9.17) is 4.74 Å². The van der Waals surface area contributed by atoms with Crippen LogP contribution in [0, 0.1) is 17.2 Å². The third kappa shape index (κ3) is 8.30. The molecule has 0 radical (unpaired) electrons. The van der Waals surface area contributed by atoms with Gasteiger partial charge in [0.2, 0.25) is 11.9 Å². The second kappa shape index (κ2) is 14.5. The Balaban J connectivity index is 1.80. The van der Waals surface area contributed by atoms with Gasteiger partial charge in [0.15, 0.2) is 0 Å². The zero-order valence-corrected chi connectivity index (χ0v) is 23.1. The number of likely N-dealkylation sites (tertiary alicyclic amines) is 1. The minimum absolute atomic E-state index is 0.185. The van der Waals surface area contributed by atoms with Gasteiger partial charge in [0.25, 0.3) is 0 Å². The number of carbonyl (C=O) groups excluding carboxylic acids is 2. The van der Waals surface area contributed by atoms with Crippen molar-refractivity contribution in [3.63, 3.8) is 0 Å². The predicted molar refractivity (Wildman–Crippen MR) is 144 cm³/mol. The highest BCUT2D eigenvalue weighted by atomic mass is 16.5. The monoisotopic (exact) mass is 517 g/mol. The molecule has 2 saturated heterocycles. The number of rotatable bonds is 9. The van der Waals surface area contributed by atoms with Crippen molar-refractivity contribution >= 4 is 17.9 Å². The zero-order chi connectivity index (χ0) is 26.7. The number of nitrogens with zero attached hydrogens (tertiary/aromatic N) is 4. The van der Waals surface area contributed by atoms with Crippen LogP contribution >= 0.6 is 0 Å². The van der Waals surface area contributed by atoms with Crippen molar-refractivity contribution in [2.75, 3.05) is 45.9 Å². The van der Waals surface area contributed by atoms with E-state index in [1.54, 1.807) is 0 Å². The van der Waals surface area contributed by atoms with E-state index < -0.39 is 17.6 Å². The summed E-state index contributed by atoms with van der Waals surface area (Å²) in [6.45, 7) is 10.3. The highest BCUT2D eigenvalue weighted by Crippen LogP contribution is 2.29. The van der Waals surface area contributed by atoms with Crippen molar-refractivity contribution in [1.82, 2.24) is 25.8 Å². The molecule has 3 rings (SSSR count). The quantitative estimate of drug-likeness (QED) is 0.317. The SMILES string of the molecule is CCNC(=O)/N=C(\NC(CC1CCCCC1)C(=O)NC1(C#N)CCN(C(CC)CC)C1)N1CCOCC1. The van der Waals surface area contributed by atoms with Gasteiger partial charge >= 0.3 is 6.03 Å². The molecule has 2 unspecified atom stereocenters. The van der Waals surface area contributed by atoms with Crippen LogP contribution in [-0.4, -0.2) is 91.3 Å². The van der Waals surface area contributed by atoms with Gasteiger partial charge in [0.1, 0.15) is 11.6 Å². The normalized spacial score (nSPS) is 24.5. The van der Waals surface area contributed by atoms with Gasteiger partial charge in [-0.2, -0.15) is 10.3 Å². The van der Waals surface area contributed by atoms with Gasteiger partial charge in [-0.3, -0.25) is 9.69 Å². The summed E-state index contributed by atoms with van der Waals surface area (Å²) in [6.07, 6.45) is 9.10. The Morgan fingerprint density at radius 2 is 1.81 bits per heavy atom. The molecule has 0 aromatic carbocycles. The molecule has 1 aliphatic carbocycles. The van der Waals surface area contributed by atoms with Crippen LogP contribution in [0.3, 0.4) is 0 Å². The number of nitrogens with one attached hydrogen (secondary N) is 3. The average Bonchev–Trinajstić information content (AvgIpc) is 3.33. The largest absolute Gasteiger partial charge is 0.378 e. The van der Waals surface area contributed by atoms with Crippen molar-refractivity contribution < 1.29 is 14.3 Å². The molecule has 2 atom stereocenters. The van der Waals surface area contributed by atoms with Crippen LogP contribution in [0.4, 0.5) is 4.79 Å². The van der Waals surface area contributed by atoms with Crippen LogP contribution in [0.1, 0.15) is 78.6 Å². The lowest BCUT2D eigenvalue weighted by Gasteiger charge is -2.34. The van der Waals surface area contributed by atoms with Crippen molar-refractivity contribution in [3.05, 3.63) is 0 Å². The van der Waals surface area contributed by atoms with Gasteiger partial charge in [-0.25, -0.2) is 4.79 Å². The molecule has 3 N–H and O–H groups in total. The van der Waals surface area contributed by atoms with Crippen molar-refractivity contribution in [2.24, 2.45) is 10.9 Å². The fourth-order valence-corrected chi connectivity index (χ4v) is 5.90. The van der Waals surface area contributed by atoms with Crippen LogP contribution in [-0.2, 0) is 9.53 Å². The number of ether oxygens (including phenoxy) is 1. The summed E-state index contributed by atoms with van der Waals surface area (Å²) in [5.74, 6) is 0.645. The summed E-state index contributed by atoms with van der Waals surface area (Å²) in [5.41, 5.74) is -0.901. The highest BCUT2D eigenvalue weighted by Gasteiger charge is 2.43. The molecule has 1 saturated carbocycles. The van der Waals surface area contributed by atoms with Gasteiger partial charge in [0, 0.05) is 38.8 Å². The van der Waals surface area contributed by atoms with E-state index in [0.717, 1.165) is 32.2 Å². The smallest absolute Gasteiger partial charge is 0.344 e. The maximum absolute atomic E-state index is 13.8. The molecule has 2 aliphatic heterocycles. The third-order valence-electron chi connectivity index (χ3n) is 8.09. The number of amides is 3. The lowest BCUT2D eigenvalue weighted by atomic mass is 9.84. The number of aliphatic imine (C=N–C) groups is 1. The summed E-state index contributed by atoms with van der Waals surface area (Å²) in [4.78, 5) is 34.9. The molecule has 0 aromatic rings. The summed E-state index contributed by atoms with van der Waals surface area (Å²) in [7, 11) is 0. The average molecular weight is 518 g/mol. The number of morpholine rings is 1. The summed E-state index contributed by atoms with van der Waals surface area (Å²) in [6, 6.07) is 1.85. The van der Waals surface area contributed by atoms with E-state index in [1.807, 2.05) is 11.8 Å². The van der Waals surface area contributed by atoms with Gasteiger partial charge in [-0.15, -0.1) is 0 Å². The standard InChI is InChI=1S/C27H47N7O3/c1-4-22(5-2)34-13-12-27(19-28,20-34)32-24(35)23(18-21-10-8-7-9-11-21)30-25(31-26(36)29-6-3)33-14-16-37-17-15-33/h21-23H,4-18,20H2,1-3H3,(H,32,35)(H2,29,30,31,36). The summed E-state index contributed by atoms with van der Waals surface area (Å²) >= 11 is 0. The van der Waals surface area contributed by atoms with Crippen LogP contribution < -0.4 is 16.0 Å². The molecule has 3 amide bonds. The summed E-state index contributed by atoms with van der Waals surface area (Å²) < 4.78 is 5.50. The topological polar surface area (TPSA) is 122 Å². The zero-order valence-electron chi connectivity index (χ0n) is 23.1. The molecule has 0 bridgehead atoms. The number of hydrogen-bond donors (Lipinski definition) is 3. The van der Waals surface area contributed by atoms with Gasteiger partial charge in [-0.05, 0) is 38.5 Å². The second-order valence-corrected chi connectivity index (χ2v) is 10.7. The Morgan fingerprint density at radius 1 is 1.11 bits per heavy atom. The van der Waals surface area contributed by atoms with Crippen LogP contribution in [0.2, 0.25) is 0 Å². The molecule has 10 heteroatoms. The van der Waals surface area contributed by atoms with E-state index in [1.165, 1.54) is 19.3 Å². The molecule has 0 spiro atoms. The molecule has 10 nitrogen and oxygen atoms in total. The molecule has 37 heavy (non-hydrogen) atoms. The van der Waals surface area contributed by atoms with Crippen LogP contribution in [0.25, 0.3) is 0 Å². The third-order valence-corrected chi connectivity index (χ3v) is 8.09. The van der Waals surface area contributed by atoms with Gasteiger partial charge in [0.05, 0.1) is 19.3 Å². The first-order chi connectivity index (χ1) is 17.9. The number of carbonyl (C=O) groups is 2. The van der Waals surface area contributed by atoms with Crippen molar-refractivity contribution in [1.29, 1.82) is 5.26 Å². The second-order valence-electron chi connectivity index (χ2n) is 10.7. The van der Waals surface area contributed by atoms with E-state index in [0.29, 0.717) is 70.2 Å². The highest BCUT2D eigenvalue weighted by molar-refractivity contribution is 5.95. The molecular weight excluding hydrogens is 470 g/mol. The maximum Gasteiger partial charge on any atom is 0.344 e. The first-order valence-corrected chi connectivity index (χ1v) is 14.4. The Kier molecular flexibility index (Phi) is 11.5. The fraction of sp³-hybridized carbons (Fsp3) is 0.852. The Hall–Kier alpha value is -2.38. The summed E-state index contributed by atoms with van der Waals surface area (Å²) in [5, 5.41) is 19.4. The minimum Gasteiger partial charge on any atom is -0.378 e. The van der Waals surface area contributed by atoms with E-state index >= 15 is 0 Å². The Bertz CT molecular complexity index is 813. The maximum atomic E-state index is 13.8. The van der Waals surface area contributed by atoms with E-state index in [2.05, 4.69) is 45.8 Å². The number of nitriles is 1. The molecule has 208 valence electrons. The molecule has 2 heterocycles. The lowest BCUT2D eigenvalue weighted by molar-refractivity contribution is -0.124. The molecule has 3 fully saturated rings. The van der Waals surface area contributed by atoms with Crippen LogP contribution in [0.5, 0.6) is 0 Å². The number of hydrogen-bond acceptors (Lipinski definition) is 5.